The van der Waals surface area contributed by atoms with Gasteiger partial charge in [-0.1, -0.05) is 53.7 Å². The van der Waals surface area contributed by atoms with Gasteiger partial charge in [-0.05, 0) is 52.7 Å². The van der Waals surface area contributed by atoms with E-state index >= 15 is 0 Å². The number of thioether (sulfide) groups is 1. The molecule has 0 aliphatic rings. The van der Waals surface area contributed by atoms with Crippen LogP contribution in [0.4, 0.5) is 0 Å². The third-order valence-electron chi connectivity index (χ3n) is 5.32. The first kappa shape index (κ1) is 21.1. The number of hydrogen-bond acceptors (Lipinski definition) is 5. The first-order valence-electron chi connectivity index (χ1n) is 10.0. The molecule has 0 saturated heterocycles. The van der Waals surface area contributed by atoms with Crippen molar-refractivity contribution in [3.63, 3.8) is 0 Å². The second-order valence-corrected chi connectivity index (χ2v) is 9.59. The summed E-state index contributed by atoms with van der Waals surface area (Å²) in [7, 11) is 1.64. The Kier molecular flexibility index (Phi) is 5.91. The highest BCUT2D eigenvalue weighted by atomic mass is 35.5. The maximum atomic E-state index is 13.4. The van der Waals surface area contributed by atoms with Crippen molar-refractivity contribution >= 4 is 55.7 Å². The van der Waals surface area contributed by atoms with E-state index in [2.05, 4.69) is 5.38 Å². The number of halogens is 1. The average Bonchev–Trinajstić information content (AvgIpc) is 3.22. The Bertz CT molecular complexity index is 1490. The van der Waals surface area contributed by atoms with E-state index in [-0.39, 0.29) is 5.56 Å². The molecule has 0 aliphatic carbocycles. The van der Waals surface area contributed by atoms with Gasteiger partial charge in [0.05, 0.1) is 24.6 Å². The van der Waals surface area contributed by atoms with Gasteiger partial charge in [0.15, 0.2) is 5.16 Å². The average molecular weight is 479 g/mol. The monoisotopic (exact) mass is 478 g/mol. The van der Waals surface area contributed by atoms with Gasteiger partial charge in [0.25, 0.3) is 5.56 Å². The molecule has 2 heterocycles. The lowest BCUT2D eigenvalue weighted by Crippen LogP contribution is -2.24. The predicted octanol–water partition coefficient (Wildman–Crippen LogP) is 6.61. The van der Waals surface area contributed by atoms with Crippen LogP contribution in [0.2, 0.25) is 5.02 Å². The fraction of sp³-hybridized carbons (Fsp3) is 0.120. The Morgan fingerprint density at radius 2 is 1.84 bits per heavy atom. The maximum Gasteiger partial charge on any atom is 0.262 e. The largest absolute Gasteiger partial charge is 0.496 e. The molecule has 5 aromatic rings. The van der Waals surface area contributed by atoms with Gasteiger partial charge in [-0.25, -0.2) is 4.98 Å². The van der Waals surface area contributed by atoms with Gasteiger partial charge in [-0.2, -0.15) is 0 Å². The lowest BCUT2D eigenvalue weighted by molar-refractivity contribution is 0.407. The number of thiophene rings is 1. The normalized spacial score (nSPS) is 11.3. The first-order valence-corrected chi connectivity index (χ1v) is 12.3. The number of ether oxygens (including phenoxy) is 1. The van der Waals surface area contributed by atoms with Crippen molar-refractivity contribution in [3.05, 3.63) is 98.6 Å². The molecule has 7 heteroatoms. The van der Waals surface area contributed by atoms with E-state index in [9.17, 15) is 4.79 Å². The lowest BCUT2D eigenvalue weighted by atomic mass is 10.2. The van der Waals surface area contributed by atoms with Crippen molar-refractivity contribution in [2.24, 2.45) is 0 Å². The second-order valence-electron chi connectivity index (χ2n) is 7.30. The molecule has 160 valence electrons. The summed E-state index contributed by atoms with van der Waals surface area (Å²) in [5.41, 5.74) is 2.77. The first-order chi connectivity index (χ1) is 15.6. The molecule has 0 atom stereocenters. The summed E-state index contributed by atoms with van der Waals surface area (Å²) in [6, 6.07) is 21.2. The summed E-state index contributed by atoms with van der Waals surface area (Å²) in [5.74, 6) is 1.44. The molecule has 2 aromatic heterocycles. The van der Waals surface area contributed by atoms with Crippen molar-refractivity contribution in [1.82, 2.24) is 9.55 Å². The van der Waals surface area contributed by atoms with Crippen LogP contribution >= 0.6 is 34.7 Å². The summed E-state index contributed by atoms with van der Waals surface area (Å²) >= 11 is 9.48. The van der Waals surface area contributed by atoms with Crippen LogP contribution in [0.1, 0.15) is 11.1 Å². The van der Waals surface area contributed by atoms with E-state index in [0.29, 0.717) is 28.4 Å². The molecule has 0 spiro atoms. The number of methoxy groups -OCH3 is 1. The van der Waals surface area contributed by atoms with E-state index in [4.69, 9.17) is 21.3 Å². The summed E-state index contributed by atoms with van der Waals surface area (Å²) in [4.78, 5) is 18.3. The van der Waals surface area contributed by atoms with Gasteiger partial charge in [0.2, 0.25) is 0 Å². The van der Waals surface area contributed by atoms with Crippen LogP contribution in [-0.4, -0.2) is 16.7 Å². The van der Waals surface area contributed by atoms with E-state index in [0.717, 1.165) is 21.7 Å². The van der Waals surface area contributed by atoms with Crippen LogP contribution < -0.4 is 10.3 Å². The Hall–Kier alpha value is -2.80. The minimum Gasteiger partial charge on any atom is -0.496 e. The molecule has 5 rings (SSSR count). The molecule has 0 fully saturated rings. The standard InChI is InChI=1S/C25H19ClN2O2S2/c1-30-22-9-5-2-6-16(22)13-28-24(29)19-7-3-4-8-21(19)27-25(28)32-15-17-14-31-23-11-10-18(26)12-20(17)23/h2-12,14H,13,15H2,1H3. The van der Waals surface area contributed by atoms with Gasteiger partial charge >= 0.3 is 0 Å². The van der Waals surface area contributed by atoms with Gasteiger partial charge < -0.3 is 4.74 Å². The zero-order chi connectivity index (χ0) is 22.1. The zero-order valence-corrected chi connectivity index (χ0v) is 19.6. The third kappa shape index (κ3) is 4.01. The smallest absolute Gasteiger partial charge is 0.262 e. The van der Waals surface area contributed by atoms with Crippen molar-refractivity contribution in [3.8, 4) is 5.75 Å². The fourth-order valence-corrected chi connectivity index (χ4v) is 5.92. The van der Waals surface area contributed by atoms with Crippen molar-refractivity contribution in [2.75, 3.05) is 7.11 Å². The van der Waals surface area contributed by atoms with Crippen molar-refractivity contribution < 1.29 is 4.74 Å². The number of aromatic nitrogens is 2. The van der Waals surface area contributed by atoms with Crippen LogP contribution in [0.5, 0.6) is 5.75 Å². The minimum absolute atomic E-state index is 0.0535. The Labute approximate surface area is 198 Å². The number of fused-ring (bicyclic) bond motifs is 2. The number of rotatable bonds is 6. The van der Waals surface area contributed by atoms with E-state index in [1.165, 1.54) is 10.3 Å². The van der Waals surface area contributed by atoms with Crippen molar-refractivity contribution in [1.29, 1.82) is 0 Å². The Morgan fingerprint density at radius 1 is 1.03 bits per heavy atom. The van der Waals surface area contributed by atoms with Crippen LogP contribution in [0.25, 0.3) is 21.0 Å². The molecule has 0 saturated carbocycles. The Morgan fingerprint density at radius 3 is 2.72 bits per heavy atom. The molecule has 4 nitrogen and oxygen atoms in total. The molecule has 3 aromatic carbocycles. The van der Waals surface area contributed by atoms with E-state index in [1.54, 1.807) is 34.8 Å². The highest BCUT2D eigenvalue weighted by Gasteiger charge is 2.15. The molecule has 0 unspecified atom stereocenters. The summed E-state index contributed by atoms with van der Waals surface area (Å²) in [6.07, 6.45) is 0. The van der Waals surface area contributed by atoms with Crippen LogP contribution in [0.3, 0.4) is 0 Å². The summed E-state index contributed by atoms with van der Waals surface area (Å²) in [6.45, 7) is 0.388. The topological polar surface area (TPSA) is 44.1 Å². The lowest BCUT2D eigenvalue weighted by Gasteiger charge is -2.15. The third-order valence-corrected chi connectivity index (χ3v) is 7.59. The molecular weight excluding hydrogens is 460 g/mol. The molecule has 0 N–H and O–H groups in total. The molecule has 0 aliphatic heterocycles. The zero-order valence-electron chi connectivity index (χ0n) is 17.2. The van der Waals surface area contributed by atoms with E-state index < -0.39 is 0 Å². The van der Waals surface area contributed by atoms with E-state index in [1.807, 2.05) is 66.7 Å². The SMILES string of the molecule is COc1ccccc1Cn1c(SCc2csc3ccc(Cl)cc23)nc2ccccc2c1=O. The highest BCUT2D eigenvalue weighted by molar-refractivity contribution is 7.98. The summed E-state index contributed by atoms with van der Waals surface area (Å²) in [5, 5.41) is 5.31. The second kappa shape index (κ2) is 8.98. The van der Waals surface area contributed by atoms with Gasteiger partial charge in [-0.3, -0.25) is 9.36 Å². The Balaban J connectivity index is 1.57. The number of hydrogen-bond donors (Lipinski definition) is 0. The molecule has 32 heavy (non-hydrogen) atoms. The van der Waals surface area contributed by atoms with Gasteiger partial charge in [0.1, 0.15) is 5.75 Å². The predicted molar refractivity (Wildman–Crippen MR) is 134 cm³/mol. The number of benzene rings is 3. The number of nitrogens with zero attached hydrogens (tertiary/aromatic N) is 2. The molecule has 0 bridgehead atoms. The fourth-order valence-electron chi connectivity index (χ4n) is 3.71. The maximum absolute atomic E-state index is 13.4. The quantitative estimate of drug-likeness (QED) is 0.203. The van der Waals surface area contributed by atoms with Crippen molar-refractivity contribution in [2.45, 2.75) is 17.5 Å². The number of para-hydroxylation sites is 2. The molecule has 0 amide bonds. The van der Waals surface area contributed by atoms with Crippen LogP contribution in [0.15, 0.2) is 82.1 Å². The van der Waals surface area contributed by atoms with Gasteiger partial charge in [0, 0.05) is 21.0 Å². The van der Waals surface area contributed by atoms with Gasteiger partial charge in [-0.15, -0.1) is 11.3 Å². The summed E-state index contributed by atoms with van der Waals surface area (Å²) < 4.78 is 8.45. The highest BCUT2D eigenvalue weighted by Crippen LogP contribution is 2.33. The molecular formula is C25H19ClN2O2S2. The van der Waals surface area contributed by atoms with Crippen LogP contribution in [-0.2, 0) is 12.3 Å². The molecule has 0 radical (unpaired) electrons. The van der Waals surface area contributed by atoms with Crippen LogP contribution in [0, 0.1) is 0 Å². The minimum atomic E-state index is -0.0535.